The van der Waals surface area contributed by atoms with E-state index >= 15 is 0 Å². The Kier molecular flexibility index (Phi) is 2.50. The lowest BCUT2D eigenvalue weighted by atomic mass is 10.2. The van der Waals surface area contributed by atoms with Crippen molar-refractivity contribution < 1.29 is 4.74 Å². The van der Waals surface area contributed by atoms with Crippen LogP contribution in [-0.2, 0) is 4.74 Å². The van der Waals surface area contributed by atoms with E-state index in [1.54, 1.807) is 0 Å². The van der Waals surface area contributed by atoms with E-state index in [9.17, 15) is 0 Å². The molecule has 70 valence electrons. The second-order valence-corrected chi connectivity index (χ2v) is 3.57. The summed E-state index contributed by atoms with van der Waals surface area (Å²) in [6.45, 7) is 3.83. The van der Waals surface area contributed by atoms with E-state index in [-0.39, 0.29) is 0 Å². The lowest BCUT2D eigenvalue weighted by molar-refractivity contribution is 0.195. The molecule has 0 aromatic heterocycles. The first-order valence-corrected chi connectivity index (χ1v) is 4.75. The predicted molar refractivity (Wildman–Crippen MR) is 54.0 cm³/mol. The number of hydrogen-bond acceptors (Lipinski definition) is 2. The smallest absolute Gasteiger partial charge is 0.0668 e. The maximum atomic E-state index is 5.29. The molecule has 0 saturated carbocycles. The summed E-state index contributed by atoms with van der Waals surface area (Å²) in [5.74, 6) is 0. The fourth-order valence-corrected chi connectivity index (χ4v) is 1.53. The van der Waals surface area contributed by atoms with E-state index in [0.29, 0.717) is 6.04 Å². The molecule has 1 aliphatic rings. The van der Waals surface area contributed by atoms with Gasteiger partial charge in [0.25, 0.3) is 0 Å². The molecular formula is C11H15NO. The summed E-state index contributed by atoms with van der Waals surface area (Å²) >= 11 is 0. The Hall–Kier alpha value is -1.02. The molecule has 0 spiro atoms. The number of hydrogen-bond donors (Lipinski definition) is 1. The van der Waals surface area contributed by atoms with Crippen molar-refractivity contribution in [2.45, 2.75) is 19.4 Å². The van der Waals surface area contributed by atoms with E-state index in [1.807, 2.05) is 0 Å². The maximum Gasteiger partial charge on any atom is 0.0668 e. The van der Waals surface area contributed by atoms with Gasteiger partial charge in [-0.15, -0.1) is 0 Å². The van der Waals surface area contributed by atoms with Gasteiger partial charge in [-0.3, -0.25) is 0 Å². The molecular weight excluding hydrogens is 162 g/mol. The Balaban J connectivity index is 1.97. The Bertz CT molecular complexity index is 262. The van der Waals surface area contributed by atoms with Gasteiger partial charge < -0.3 is 10.1 Å². The molecule has 0 amide bonds. The largest absolute Gasteiger partial charge is 0.380 e. The quantitative estimate of drug-likeness (QED) is 0.747. The highest BCUT2D eigenvalue weighted by atomic mass is 16.5. The molecule has 1 unspecified atom stereocenters. The topological polar surface area (TPSA) is 21.3 Å². The van der Waals surface area contributed by atoms with E-state index in [2.05, 4.69) is 36.5 Å². The van der Waals surface area contributed by atoms with Crippen molar-refractivity contribution in [1.29, 1.82) is 0 Å². The fourth-order valence-electron chi connectivity index (χ4n) is 1.53. The fraction of sp³-hybridized carbons (Fsp3) is 0.455. The first-order valence-electron chi connectivity index (χ1n) is 4.75. The van der Waals surface area contributed by atoms with Crippen molar-refractivity contribution in [3.05, 3.63) is 29.8 Å². The third-order valence-corrected chi connectivity index (χ3v) is 2.35. The van der Waals surface area contributed by atoms with Crippen molar-refractivity contribution in [2.24, 2.45) is 0 Å². The molecule has 0 aliphatic carbocycles. The zero-order valence-corrected chi connectivity index (χ0v) is 7.92. The Labute approximate surface area is 78.9 Å². The van der Waals surface area contributed by atoms with Crippen LogP contribution in [0.5, 0.6) is 0 Å². The predicted octanol–water partition coefficient (Wildman–Crippen LogP) is 2.20. The van der Waals surface area contributed by atoms with E-state index in [4.69, 9.17) is 4.74 Å². The highest BCUT2D eigenvalue weighted by Crippen LogP contribution is 2.14. The van der Waals surface area contributed by atoms with Gasteiger partial charge in [-0.2, -0.15) is 0 Å². The van der Waals surface area contributed by atoms with Crippen LogP contribution in [0.4, 0.5) is 5.69 Å². The second kappa shape index (κ2) is 3.79. The van der Waals surface area contributed by atoms with E-state index in [1.165, 1.54) is 11.3 Å². The molecule has 0 bridgehead atoms. The van der Waals surface area contributed by atoms with Crippen LogP contribution in [0.25, 0.3) is 0 Å². The summed E-state index contributed by atoms with van der Waals surface area (Å²) < 4.78 is 5.29. The molecule has 1 atom stereocenters. The van der Waals surface area contributed by atoms with Crippen LogP contribution in [0.3, 0.4) is 0 Å². The molecule has 2 nitrogen and oxygen atoms in total. The molecule has 13 heavy (non-hydrogen) atoms. The summed E-state index contributed by atoms with van der Waals surface area (Å²) in [6.07, 6.45) is 1.12. The Morgan fingerprint density at radius 2 is 2.08 bits per heavy atom. The average Bonchev–Trinajstić information content (AvgIpc) is 2.62. The molecule has 1 heterocycles. The number of ether oxygens (including phenoxy) is 1. The number of rotatable bonds is 2. The van der Waals surface area contributed by atoms with Crippen LogP contribution in [0, 0.1) is 6.92 Å². The summed E-state index contributed by atoms with van der Waals surface area (Å²) in [4.78, 5) is 0. The first kappa shape index (κ1) is 8.57. The van der Waals surface area contributed by atoms with E-state index in [0.717, 1.165) is 19.6 Å². The molecule has 2 heteroatoms. The molecule has 1 saturated heterocycles. The van der Waals surface area contributed by atoms with Gasteiger partial charge in [0, 0.05) is 12.3 Å². The summed E-state index contributed by atoms with van der Waals surface area (Å²) in [7, 11) is 0. The molecule has 1 aromatic rings. The van der Waals surface area contributed by atoms with Crippen molar-refractivity contribution in [3.8, 4) is 0 Å². The zero-order chi connectivity index (χ0) is 9.10. The summed E-state index contributed by atoms with van der Waals surface area (Å²) in [5.41, 5.74) is 2.49. The van der Waals surface area contributed by atoms with Crippen molar-refractivity contribution >= 4 is 5.69 Å². The minimum absolute atomic E-state index is 0.503. The third-order valence-electron chi connectivity index (χ3n) is 2.35. The lowest BCUT2D eigenvalue weighted by Gasteiger charge is -2.11. The molecule has 1 fully saturated rings. The van der Waals surface area contributed by atoms with Gasteiger partial charge in [0.15, 0.2) is 0 Å². The van der Waals surface area contributed by atoms with Gasteiger partial charge in [-0.25, -0.2) is 0 Å². The Morgan fingerprint density at radius 3 is 2.69 bits per heavy atom. The number of nitrogens with one attached hydrogen (secondary N) is 1. The van der Waals surface area contributed by atoms with Crippen molar-refractivity contribution in [3.63, 3.8) is 0 Å². The lowest BCUT2D eigenvalue weighted by Crippen LogP contribution is -2.18. The maximum absolute atomic E-state index is 5.29. The third kappa shape index (κ3) is 2.22. The highest BCUT2D eigenvalue weighted by molar-refractivity contribution is 5.45. The number of benzene rings is 1. The summed E-state index contributed by atoms with van der Waals surface area (Å²) in [5, 5.41) is 3.44. The molecule has 1 aromatic carbocycles. The average molecular weight is 177 g/mol. The molecule has 2 rings (SSSR count). The SMILES string of the molecule is Cc1ccc(NC2CCOC2)cc1. The zero-order valence-electron chi connectivity index (χ0n) is 7.92. The molecule has 1 N–H and O–H groups in total. The first-order chi connectivity index (χ1) is 6.34. The monoisotopic (exact) mass is 177 g/mol. The Morgan fingerprint density at radius 1 is 1.31 bits per heavy atom. The minimum atomic E-state index is 0.503. The number of aryl methyl sites for hydroxylation is 1. The van der Waals surface area contributed by atoms with Gasteiger partial charge in [0.2, 0.25) is 0 Å². The highest BCUT2D eigenvalue weighted by Gasteiger charge is 2.14. The van der Waals surface area contributed by atoms with Gasteiger partial charge in [0.05, 0.1) is 12.6 Å². The van der Waals surface area contributed by atoms with E-state index < -0.39 is 0 Å². The molecule has 0 radical (unpaired) electrons. The van der Waals surface area contributed by atoms with Crippen molar-refractivity contribution in [2.75, 3.05) is 18.5 Å². The minimum Gasteiger partial charge on any atom is -0.380 e. The van der Waals surface area contributed by atoms with Crippen LogP contribution < -0.4 is 5.32 Å². The normalized spacial score (nSPS) is 21.8. The van der Waals surface area contributed by atoms with Crippen LogP contribution >= 0.6 is 0 Å². The van der Waals surface area contributed by atoms with Crippen LogP contribution in [-0.4, -0.2) is 19.3 Å². The van der Waals surface area contributed by atoms with Crippen molar-refractivity contribution in [1.82, 2.24) is 0 Å². The summed E-state index contributed by atoms with van der Waals surface area (Å²) in [6, 6.07) is 8.99. The van der Waals surface area contributed by atoms with Crippen LogP contribution in [0.2, 0.25) is 0 Å². The number of anilines is 1. The standard InChI is InChI=1S/C11H15NO/c1-9-2-4-10(5-3-9)12-11-6-7-13-8-11/h2-5,11-12H,6-8H2,1H3. The molecule has 1 aliphatic heterocycles. The van der Waals surface area contributed by atoms with Gasteiger partial charge in [-0.1, -0.05) is 17.7 Å². The van der Waals surface area contributed by atoms with Gasteiger partial charge in [0.1, 0.15) is 0 Å². The van der Waals surface area contributed by atoms with Gasteiger partial charge >= 0.3 is 0 Å². The second-order valence-electron chi connectivity index (χ2n) is 3.57. The van der Waals surface area contributed by atoms with Gasteiger partial charge in [-0.05, 0) is 25.5 Å². The van der Waals surface area contributed by atoms with Crippen LogP contribution in [0.15, 0.2) is 24.3 Å². The van der Waals surface area contributed by atoms with Crippen LogP contribution in [0.1, 0.15) is 12.0 Å².